The number of benzene rings is 7. The van der Waals surface area contributed by atoms with E-state index in [1.807, 2.05) is 12.3 Å². The van der Waals surface area contributed by atoms with Gasteiger partial charge in [0.2, 0.25) is 0 Å². The number of hydrogen-bond donors (Lipinski definition) is 0. The molecule has 3 nitrogen and oxygen atoms in total. The van der Waals surface area contributed by atoms with Crippen LogP contribution in [-0.2, 0) is 10.8 Å². The fourth-order valence-corrected chi connectivity index (χ4v) is 10.5. The molecule has 0 saturated carbocycles. The number of aromatic nitrogens is 1. The Morgan fingerprint density at radius 3 is 1.39 bits per heavy atom. The summed E-state index contributed by atoms with van der Waals surface area (Å²) >= 11 is 0. The van der Waals surface area contributed by atoms with Crippen molar-refractivity contribution in [1.82, 2.24) is 4.98 Å². The summed E-state index contributed by atoms with van der Waals surface area (Å²) in [6.45, 7) is 22.9. The molecule has 0 N–H and O–H groups in total. The number of nitrogens with zero attached hydrogens (tertiary/aromatic N) is 3. The predicted octanol–water partition coefficient (Wildman–Crippen LogP) is 18.1. The highest BCUT2D eigenvalue weighted by atomic mass is 15.1. The lowest BCUT2D eigenvalue weighted by Crippen LogP contribution is -2.17. The zero-order valence-electron chi connectivity index (χ0n) is 42.5. The summed E-state index contributed by atoms with van der Waals surface area (Å²) in [5.41, 5.74) is 25.1. The van der Waals surface area contributed by atoms with E-state index in [1.165, 1.54) is 78.2 Å². The van der Waals surface area contributed by atoms with Gasteiger partial charge in [0.05, 0.1) is 5.69 Å². The van der Waals surface area contributed by atoms with Gasteiger partial charge in [-0.1, -0.05) is 190 Å². The van der Waals surface area contributed by atoms with E-state index in [9.17, 15) is 0 Å². The van der Waals surface area contributed by atoms with E-state index in [-0.39, 0.29) is 10.8 Å². The Balaban J connectivity index is 0.830. The maximum Gasteiger partial charge on any atom is 0.0630 e. The van der Waals surface area contributed by atoms with Crippen molar-refractivity contribution in [2.75, 3.05) is 16.3 Å². The van der Waals surface area contributed by atoms with Gasteiger partial charge in [0, 0.05) is 52.0 Å². The van der Waals surface area contributed by atoms with Crippen LogP contribution >= 0.6 is 0 Å². The lowest BCUT2D eigenvalue weighted by molar-refractivity contribution is 0.654. The van der Waals surface area contributed by atoms with E-state index >= 15 is 0 Å². The molecule has 0 radical (unpaired) electrons. The topological polar surface area (TPSA) is 19.4 Å². The van der Waals surface area contributed by atoms with Crippen LogP contribution in [0.1, 0.15) is 94.6 Å². The highest BCUT2D eigenvalue weighted by Gasteiger charge is 2.37. The molecule has 7 aromatic carbocycles. The minimum Gasteiger partial charge on any atom is -0.338 e. The molecule has 1 heterocycles. The summed E-state index contributed by atoms with van der Waals surface area (Å²) in [6.07, 6.45) is 17.2. The van der Waals surface area contributed by atoms with Gasteiger partial charge < -0.3 is 9.80 Å². The molecule has 0 spiro atoms. The molecule has 10 rings (SSSR count). The molecule has 2 aliphatic rings. The molecule has 0 aliphatic heterocycles. The second-order valence-electron chi connectivity index (χ2n) is 20.5. The molecule has 8 aromatic rings. The van der Waals surface area contributed by atoms with E-state index in [1.54, 1.807) is 0 Å². The zero-order chi connectivity index (χ0) is 49.4. The summed E-state index contributed by atoms with van der Waals surface area (Å²) in [4.78, 5) is 9.59. The molecule has 0 fully saturated rings. The molecule has 0 bridgehead atoms. The van der Waals surface area contributed by atoms with Crippen LogP contribution in [0, 0.1) is 27.7 Å². The SMILES string of the molecule is C=CC1=C(/C=C\CN(c2ccc(C)cc2)c2ccc(C)cc2)c2ccc(/C=C/c3ccc(/C=C/c4ccc5c(c4)C(C)(C)c4cc(N(c6ccc(C)cc6)c6ccc(C)cc6)ccc4-5)nc3)cc2C1(C)C. The Morgan fingerprint density at radius 2 is 0.873 bits per heavy atom. The standard InChI is InChI=1S/C68H63N3/c1-10-63-59(12-11-41-70(54-29-13-46(2)14-30-54)55-31-15-47(3)16-32-55)60-38-25-50(42-64(60)67(63,6)7)21-22-52-24-28-53(69-45-52)27-23-51-26-39-61-62-40-37-58(44-66(62)68(8,9)65(61)43-51)71(56-33-17-48(4)18-34-56)57-35-19-49(5)20-36-57/h10-40,42-45H,1,41H2,2-9H3/b12-11-,22-21+,27-23+. The van der Waals surface area contributed by atoms with Crippen molar-refractivity contribution in [3.05, 3.63) is 267 Å². The first-order chi connectivity index (χ1) is 34.3. The first kappa shape index (κ1) is 46.7. The lowest BCUT2D eigenvalue weighted by atomic mass is 9.80. The molecule has 0 unspecified atom stereocenters. The molecule has 0 saturated heterocycles. The number of anilines is 5. The summed E-state index contributed by atoms with van der Waals surface area (Å²) in [7, 11) is 0. The number of rotatable bonds is 13. The first-order valence-corrected chi connectivity index (χ1v) is 24.9. The lowest BCUT2D eigenvalue weighted by Gasteiger charge is -2.28. The number of pyridine rings is 1. The molecule has 3 heteroatoms. The largest absolute Gasteiger partial charge is 0.338 e. The van der Waals surface area contributed by atoms with Gasteiger partial charge in [-0.05, 0) is 162 Å². The van der Waals surface area contributed by atoms with Crippen LogP contribution < -0.4 is 9.80 Å². The minimum atomic E-state index is -0.183. The normalized spacial score (nSPS) is 14.3. The van der Waals surface area contributed by atoms with Gasteiger partial charge in [-0.3, -0.25) is 4.98 Å². The summed E-state index contributed by atoms with van der Waals surface area (Å²) in [6, 6.07) is 60.2. The Hall–Kier alpha value is -8.01. The molecule has 350 valence electrons. The van der Waals surface area contributed by atoms with Crippen molar-refractivity contribution in [1.29, 1.82) is 0 Å². The maximum atomic E-state index is 4.85. The average molecular weight is 922 g/mol. The van der Waals surface area contributed by atoms with Crippen molar-refractivity contribution in [3.63, 3.8) is 0 Å². The van der Waals surface area contributed by atoms with E-state index in [2.05, 4.69) is 272 Å². The Bertz CT molecular complexity index is 3300. The highest BCUT2D eigenvalue weighted by Crippen LogP contribution is 2.51. The van der Waals surface area contributed by atoms with Gasteiger partial charge in [0.15, 0.2) is 0 Å². The Morgan fingerprint density at radius 1 is 0.437 bits per heavy atom. The van der Waals surface area contributed by atoms with Crippen molar-refractivity contribution < 1.29 is 0 Å². The van der Waals surface area contributed by atoms with Crippen molar-refractivity contribution in [2.24, 2.45) is 0 Å². The quantitative estimate of drug-likeness (QED) is 0.115. The fourth-order valence-electron chi connectivity index (χ4n) is 10.5. The average Bonchev–Trinajstić information content (AvgIpc) is 3.73. The van der Waals surface area contributed by atoms with Crippen LogP contribution in [0.4, 0.5) is 28.4 Å². The van der Waals surface area contributed by atoms with Gasteiger partial charge in [-0.2, -0.15) is 0 Å². The van der Waals surface area contributed by atoms with E-state index < -0.39 is 0 Å². The van der Waals surface area contributed by atoms with Gasteiger partial charge >= 0.3 is 0 Å². The molecule has 71 heavy (non-hydrogen) atoms. The maximum absolute atomic E-state index is 4.85. The molecule has 0 amide bonds. The first-order valence-electron chi connectivity index (χ1n) is 24.9. The van der Waals surface area contributed by atoms with E-state index in [0.29, 0.717) is 0 Å². The number of aryl methyl sites for hydroxylation is 4. The van der Waals surface area contributed by atoms with Gasteiger partial charge in [0.25, 0.3) is 0 Å². The number of hydrogen-bond acceptors (Lipinski definition) is 3. The third-order valence-corrected chi connectivity index (χ3v) is 14.7. The van der Waals surface area contributed by atoms with Crippen LogP contribution in [0.3, 0.4) is 0 Å². The van der Waals surface area contributed by atoms with Gasteiger partial charge in [-0.15, -0.1) is 0 Å². The van der Waals surface area contributed by atoms with E-state index in [4.69, 9.17) is 4.98 Å². The summed E-state index contributed by atoms with van der Waals surface area (Å²) in [5.74, 6) is 0. The van der Waals surface area contributed by atoms with Gasteiger partial charge in [0.1, 0.15) is 0 Å². The third kappa shape index (κ3) is 9.29. The predicted molar refractivity (Wildman–Crippen MR) is 305 cm³/mol. The molecular weight excluding hydrogens is 859 g/mol. The smallest absolute Gasteiger partial charge is 0.0630 e. The van der Waals surface area contributed by atoms with Gasteiger partial charge in [-0.25, -0.2) is 0 Å². The van der Waals surface area contributed by atoms with Crippen molar-refractivity contribution >= 4 is 58.3 Å². The zero-order valence-corrected chi connectivity index (χ0v) is 42.5. The molecule has 0 atom stereocenters. The monoisotopic (exact) mass is 922 g/mol. The molecular formula is C68H63N3. The van der Waals surface area contributed by atoms with Crippen LogP contribution in [0.15, 0.2) is 200 Å². The van der Waals surface area contributed by atoms with Crippen LogP contribution in [0.5, 0.6) is 0 Å². The number of allylic oxidation sites excluding steroid dienone is 4. The number of fused-ring (bicyclic) bond motifs is 4. The van der Waals surface area contributed by atoms with Crippen LogP contribution in [-0.4, -0.2) is 11.5 Å². The highest BCUT2D eigenvalue weighted by molar-refractivity contribution is 5.90. The minimum absolute atomic E-state index is 0.172. The Labute approximate surface area is 422 Å². The van der Waals surface area contributed by atoms with Crippen molar-refractivity contribution in [2.45, 2.75) is 66.2 Å². The summed E-state index contributed by atoms with van der Waals surface area (Å²) in [5, 5.41) is 0. The summed E-state index contributed by atoms with van der Waals surface area (Å²) < 4.78 is 0. The third-order valence-electron chi connectivity index (χ3n) is 14.7. The molecule has 1 aromatic heterocycles. The molecule has 2 aliphatic carbocycles. The van der Waals surface area contributed by atoms with Crippen LogP contribution in [0.25, 0.3) is 41.0 Å². The fraction of sp³-hybridized carbons (Fsp3) is 0.162. The van der Waals surface area contributed by atoms with Crippen LogP contribution in [0.2, 0.25) is 0 Å². The second kappa shape index (κ2) is 19.1. The van der Waals surface area contributed by atoms with Crippen molar-refractivity contribution in [3.8, 4) is 11.1 Å². The van der Waals surface area contributed by atoms with E-state index in [0.717, 1.165) is 46.0 Å². The second-order valence-corrected chi connectivity index (χ2v) is 20.5. The Kier molecular flexibility index (Phi) is 12.5.